The molecule has 5 N–H and O–H groups in total. The second-order valence-electron chi connectivity index (χ2n) is 7.61. The van der Waals surface area contributed by atoms with E-state index in [1.54, 1.807) is 12.1 Å². The Balaban J connectivity index is 1.36. The van der Waals surface area contributed by atoms with Crippen molar-refractivity contribution in [3.8, 4) is 11.5 Å². The van der Waals surface area contributed by atoms with E-state index >= 15 is 0 Å². The van der Waals surface area contributed by atoms with Crippen molar-refractivity contribution in [1.29, 1.82) is 0 Å². The van der Waals surface area contributed by atoms with Crippen LogP contribution in [0.1, 0.15) is 22.3 Å². The number of aromatic carboxylic acids is 1. The van der Waals surface area contributed by atoms with Gasteiger partial charge in [0, 0.05) is 45.2 Å². The van der Waals surface area contributed by atoms with Crippen molar-refractivity contribution in [3.63, 3.8) is 0 Å². The Morgan fingerprint density at radius 1 is 1.39 bits per heavy atom. The number of aliphatic hydroxyl groups is 1. The van der Waals surface area contributed by atoms with Crippen LogP contribution in [-0.2, 0) is 6.42 Å². The minimum absolute atomic E-state index is 0.0484. The van der Waals surface area contributed by atoms with E-state index < -0.39 is 19.3 Å². The first-order valence-corrected chi connectivity index (χ1v) is 9.78. The smallest absolute Gasteiger partial charge is 0.522 e. The maximum Gasteiger partial charge on any atom is 0.522 e. The van der Waals surface area contributed by atoms with Gasteiger partial charge in [0.25, 0.3) is 0 Å². The summed E-state index contributed by atoms with van der Waals surface area (Å²) in [5.41, 5.74) is 0.710. The maximum atomic E-state index is 11.8. The molecule has 3 heterocycles. The van der Waals surface area contributed by atoms with Crippen LogP contribution in [0.2, 0.25) is 6.32 Å². The average Bonchev–Trinajstić information content (AvgIpc) is 2.64. The number of nitrogens with zero attached hydrogens (tertiary/aromatic N) is 1. The van der Waals surface area contributed by atoms with Crippen LogP contribution in [0.4, 0.5) is 0 Å². The Morgan fingerprint density at radius 2 is 2.21 bits per heavy atom. The van der Waals surface area contributed by atoms with Crippen molar-refractivity contribution in [2.75, 3.05) is 32.7 Å². The highest BCUT2D eigenvalue weighted by atomic mass is 16.5. The van der Waals surface area contributed by atoms with Crippen LogP contribution in [0.5, 0.6) is 11.5 Å². The van der Waals surface area contributed by atoms with Gasteiger partial charge in [-0.15, -0.1) is 0 Å². The molecule has 2 atom stereocenters. The maximum absolute atomic E-state index is 11.8. The predicted molar refractivity (Wildman–Crippen MR) is 102 cm³/mol. The number of likely N-dealkylation sites (tertiary alicyclic amines) is 1. The standard InChI is InChI=1S/C18H26BN3O6/c23-15(7-12-8-20-5-6-21-12)22-9-13(10-22)27-14-2-1-11-3-4-19(26)28-17(11)16(14)18(24)25/h1-2,12-13,15,20-21,23,26H,3-10H2,(H,24,25). The number of benzene rings is 1. The first-order valence-electron chi connectivity index (χ1n) is 9.78. The lowest BCUT2D eigenvalue weighted by Crippen LogP contribution is -2.60. The number of hydrogen-bond donors (Lipinski definition) is 5. The van der Waals surface area contributed by atoms with Crippen molar-refractivity contribution in [1.82, 2.24) is 15.5 Å². The van der Waals surface area contributed by atoms with Gasteiger partial charge in [0.05, 0.1) is 0 Å². The van der Waals surface area contributed by atoms with E-state index in [-0.39, 0.29) is 29.2 Å². The van der Waals surface area contributed by atoms with Crippen LogP contribution in [0.25, 0.3) is 0 Å². The first-order chi connectivity index (χ1) is 13.5. The second-order valence-corrected chi connectivity index (χ2v) is 7.61. The monoisotopic (exact) mass is 391 g/mol. The van der Waals surface area contributed by atoms with E-state index in [9.17, 15) is 20.0 Å². The fourth-order valence-electron chi connectivity index (χ4n) is 3.96. The van der Waals surface area contributed by atoms with Crippen LogP contribution < -0.4 is 20.0 Å². The Labute approximate surface area is 163 Å². The Bertz CT molecular complexity index is 724. The molecule has 0 bridgehead atoms. The fourth-order valence-corrected chi connectivity index (χ4v) is 3.96. The van der Waals surface area contributed by atoms with Crippen molar-refractivity contribution >= 4 is 13.1 Å². The second kappa shape index (κ2) is 8.26. The van der Waals surface area contributed by atoms with Gasteiger partial charge in [0.1, 0.15) is 29.4 Å². The topological polar surface area (TPSA) is 124 Å². The molecule has 3 aliphatic heterocycles. The summed E-state index contributed by atoms with van der Waals surface area (Å²) in [6, 6.07) is 3.68. The van der Waals surface area contributed by atoms with Crippen LogP contribution in [0.3, 0.4) is 0 Å². The number of aliphatic hydroxyl groups excluding tert-OH is 1. The largest absolute Gasteiger partial charge is 0.535 e. The van der Waals surface area contributed by atoms with E-state index in [0.717, 1.165) is 25.2 Å². The van der Waals surface area contributed by atoms with Gasteiger partial charge in [0.2, 0.25) is 0 Å². The van der Waals surface area contributed by atoms with Gasteiger partial charge < -0.3 is 35.3 Å². The van der Waals surface area contributed by atoms with E-state index in [2.05, 4.69) is 10.6 Å². The predicted octanol–water partition coefficient (Wildman–Crippen LogP) is -0.867. The summed E-state index contributed by atoms with van der Waals surface area (Å²) in [5.74, 6) is -0.721. The number of nitrogens with one attached hydrogen (secondary N) is 2. The molecule has 2 fully saturated rings. The number of fused-ring (bicyclic) bond motifs is 1. The summed E-state index contributed by atoms with van der Waals surface area (Å²) in [5, 5.41) is 36.4. The van der Waals surface area contributed by atoms with Gasteiger partial charge in [-0.1, -0.05) is 6.07 Å². The van der Waals surface area contributed by atoms with E-state index in [1.165, 1.54) is 0 Å². The summed E-state index contributed by atoms with van der Waals surface area (Å²) in [7, 11) is -1.00. The molecule has 2 unspecified atom stereocenters. The lowest BCUT2D eigenvalue weighted by molar-refractivity contribution is -0.0964. The molecule has 1 aromatic carbocycles. The van der Waals surface area contributed by atoms with Gasteiger partial charge in [-0.2, -0.15) is 0 Å². The van der Waals surface area contributed by atoms with E-state index in [0.29, 0.717) is 32.3 Å². The summed E-state index contributed by atoms with van der Waals surface area (Å²) < 4.78 is 11.3. The van der Waals surface area contributed by atoms with Gasteiger partial charge in [-0.05, 0) is 24.4 Å². The van der Waals surface area contributed by atoms with Gasteiger partial charge in [-0.25, -0.2) is 4.79 Å². The number of carbonyl (C=O) groups is 1. The highest BCUT2D eigenvalue weighted by molar-refractivity contribution is 6.44. The number of ether oxygens (including phenoxy) is 1. The molecule has 3 aliphatic rings. The summed E-state index contributed by atoms with van der Waals surface area (Å²) in [6.07, 6.45) is 0.873. The lowest BCUT2D eigenvalue weighted by atomic mass is 9.78. The number of carboxylic acid groups (broad SMARTS) is 1. The van der Waals surface area contributed by atoms with E-state index in [1.807, 2.05) is 4.90 Å². The highest BCUT2D eigenvalue weighted by Crippen LogP contribution is 2.37. The van der Waals surface area contributed by atoms with Gasteiger partial charge >= 0.3 is 13.1 Å². The third-order valence-corrected chi connectivity index (χ3v) is 5.54. The van der Waals surface area contributed by atoms with Crippen molar-refractivity contribution in [3.05, 3.63) is 23.3 Å². The molecule has 4 rings (SSSR count). The Kier molecular flexibility index (Phi) is 5.74. The molecule has 0 saturated carbocycles. The first kappa shape index (κ1) is 19.5. The molecule has 0 radical (unpaired) electrons. The van der Waals surface area contributed by atoms with E-state index in [4.69, 9.17) is 9.39 Å². The van der Waals surface area contributed by atoms with Crippen molar-refractivity contribution < 1.29 is 29.4 Å². The van der Waals surface area contributed by atoms with Crippen molar-refractivity contribution in [2.24, 2.45) is 0 Å². The molecule has 2 saturated heterocycles. The molecule has 0 aliphatic carbocycles. The molecular formula is C18H26BN3O6. The molecule has 1 aromatic rings. The quantitative estimate of drug-likeness (QED) is 0.394. The minimum atomic E-state index is -1.15. The molecule has 10 heteroatoms. The summed E-state index contributed by atoms with van der Waals surface area (Å²) in [4.78, 5) is 13.7. The zero-order valence-electron chi connectivity index (χ0n) is 15.6. The van der Waals surface area contributed by atoms with Crippen LogP contribution in [0, 0.1) is 0 Å². The zero-order chi connectivity index (χ0) is 19.7. The van der Waals surface area contributed by atoms with Crippen molar-refractivity contribution in [2.45, 2.75) is 37.5 Å². The van der Waals surface area contributed by atoms with Gasteiger partial charge in [0.15, 0.2) is 0 Å². The average molecular weight is 391 g/mol. The SMILES string of the molecule is O=C(O)c1c(OC2CN(C(O)CC3CNCCN3)C2)ccc2c1OB(O)CC2. The minimum Gasteiger partial charge on any atom is -0.535 e. The molecule has 28 heavy (non-hydrogen) atoms. The molecule has 0 amide bonds. The molecular weight excluding hydrogens is 365 g/mol. The summed E-state index contributed by atoms with van der Waals surface area (Å²) in [6.45, 7) is 3.74. The molecule has 152 valence electrons. The highest BCUT2D eigenvalue weighted by Gasteiger charge is 2.36. The molecule has 0 aromatic heterocycles. The molecule has 9 nitrogen and oxygen atoms in total. The Morgan fingerprint density at radius 3 is 2.93 bits per heavy atom. The van der Waals surface area contributed by atoms with Crippen LogP contribution >= 0.6 is 0 Å². The summed E-state index contributed by atoms with van der Waals surface area (Å²) >= 11 is 0. The fraction of sp³-hybridized carbons (Fsp3) is 0.611. The number of carboxylic acids is 1. The normalized spacial score (nSPS) is 24.1. The number of piperazine rings is 1. The number of hydrogen-bond acceptors (Lipinski definition) is 8. The Hall–Kier alpha value is -1.85. The molecule has 0 spiro atoms. The third-order valence-electron chi connectivity index (χ3n) is 5.54. The van der Waals surface area contributed by atoms with Crippen LogP contribution in [-0.4, -0.2) is 84.3 Å². The van der Waals surface area contributed by atoms with Gasteiger partial charge in [-0.3, -0.25) is 4.90 Å². The lowest BCUT2D eigenvalue weighted by Gasteiger charge is -2.43. The number of rotatable bonds is 6. The zero-order valence-corrected chi connectivity index (χ0v) is 15.6. The third kappa shape index (κ3) is 4.11. The van der Waals surface area contributed by atoms with Crippen LogP contribution in [0.15, 0.2) is 12.1 Å². The number of aryl methyl sites for hydroxylation is 1.